The Morgan fingerprint density at radius 2 is 2.04 bits per heavy atom. The zero-order valence-corrected chi connectivity index (χ0v) is 13.9. The van der Waals surface area contributed by atoms with Crippen LogP contribution in [0.2, 0.25) is 0 Å². The summed E-state index contributed by atoms with van der Waals surface area (Å²) in [6.45, 7) is 7.56. The van der Waals surface area contributed by atoms with Gasteiger partial charge in [-0.3, -0.25) is 4.79 Å². The van der Waals surface area contributed by atoms with Gasteiger partial charge in [-0.1, -0.05) is 36.9 Å². The van der Waals surface area contributed by atoms with Crippen LogP contribution >= 0.6 is 11.3 Å². The zero-order chi connectivity index (χ0) is 16.6. The van der Waals surface area contributed by atoms with Gasteiger partial charge in [0, 0.05) is 17.5 Å². The van der Waals surface area contributed by atoms with Crippen molar-refractivity contribution in [3.05, 3.63) is 53.2 Å². The van der Waals surface area contributed by atoms with Crippen molar-refractivity contribution in [2.75, 3.05) is 0 Å². The van der Waals surface area contributed by atoms with Crippen LogP contribution in [-0.2, 0) is 4.79 Å². The van der Waals surface area contributed by atoms with E-state index in [4.69, 9.17) is 0 Å². The summed E-state index contributed by atoms with van der Waals surface area (Å²) >= 11 is 1.46. The Hall–Kier alpha value is -2.40. The second kappa shape index (κ2) is 5.66. The van der Waals surface area contributed by atoms with Crippen molar-refractivity contribution in [3.63, 3.8) is 0 Å². The first-order valence-electron chi connectivity index (χ1n) is 7.35. The van der Waals surface area contributed by atoms with Crippen molar-refractivity contribution >= 4 is 28.9 Å². The zero-order valence-electron chi connectivity index (χ0n) is 13.1. The maximum Gasteiger partial charge on any atom is 0.257 e. The van der Waals surface area contributed by atoms with Crippen molar-refractivity contribution in [1.29, 1.82) is 0 Å². The number of hydrogen-bond acceptors (Lipinski definition) is 4. The summed E-state index contributed by atoms with van der Waals surface area (Å²) in [5, 5.41) is 14.1. The molecule has 0 aliphatic carbocycles. The molecule has 2 aromatic rings. The first-order valence-corrected chi connectivity index (χ1v) is 8.16. The number of hydrogen-bond donors (Lipinski definition) is 2. The smallest absolute Gasteiger partial charge is 0.257 e. The van der Waals surface area contributed by atoms with Gasteiger partial charge in [-0.25, -0.2) is 4.98 Å². The molecule has 0 fully saturated rings. The molecule has 0 spiro atoms. The fourth-order valence-electron chi connectivity index (χ4n) is 2.65. The van der Waals surface area contributed by atoms with Crippen LogP contribution in [0.1, 0.15) is 30.8 Å². The lowest BCUT2D eigenvalue weighted by Gasteiger charge is -2.31. The fraction of sp³-hybridized carbons (Fsp3) is 0.222. The highest BCUT2D eigenvalue weighted by Gasteiger charge is 2.34. The van der Waals surface area contributed by atoms with Crippen LogP contribution in [0, 0.1) is 0 Å². The van der Waals surface area contributed by atoms with E-state index >= 15 is 0 Å². The molecule has 1 aliphatic rings. The number of carbonyl (C=O) groups excluding carboxylic acids is 1. The predicted molar refractivity (Wildman–Crippen MR) is 94.0 cm³/mol. The highest BCUT2D eigenvalue weighted by Crippen LogP contribution is 2.36. The van der Waals surface area contributed by atoms with Crippen molar-refractivity contribution in [1.82, 2.24) is 10.3 Å². The minimum atomic E-state index is -0.461. The number of nitrogens with one attached hydrogen (secondary N) is 1. The number of thiazole rings is 1. The third kappa shape index (κ3) is 2.92. The number of nitrogens with zero attached hydrogens (tertiary/aromatic N) is 1. The quantitative estimate of drug-likeness (QED) is 0.895. The van der Waals surface area contributed by atoms with Gasteiger partial charge in [0.15, 0.2) is 0 Å². The van der Waals surface area contributed by atoms with Gasteiger partial charge in [-0.15, -0.1) is 11.3 Å². The third-order valence-corrected chi connectivity index (χ3v) is 4.77. The number of aliphatic hydroxyl groups excluding tert-OH is 1. The van der Waals surface area contributed by atoms with Crippen LogP contribution in [0.5, 0.6) is 0 Å². The van der Waals surface area contributed by atoms with E-state index in [0.717, 1.165) is 15.4 Å². The molecular weight excluding hydrogens is 308 g/mol. The van der Waals surface area contributed by atoms with Gasteiger partial charge < -0.3 is 10.4 Å². The summed E-state index contributed by atoms with van der Waals surface area (Å²) in [5.41, 5.74) is 1.26. The van der Waals surface area contributed by atoms with Crippen LogP contribution in [0.3, 0.4) is 0 Å². The molecule has 2 N–H and O–H groups in total. The van der Waals surface area contributed by atoms with Crippen LogP contribution in [0.4, 0.5) is 0 Å². The summed E-state index contributed by atoms with van der Waals surface area (Å²) in [6.07, 6.45) is 2.05. The fourth-order valence-corrected chi connectivity index (χ4v) is 3.58. The van der Waals surface area contributed by atoms with Gasteiger partial charge in [0.25, 0.3) is 5.91 Å². The first kappa shape index (κ1) is 15.5. The number of aromatic nitrogens is 1. The molecule has 23 heavy (non-hydrogen) atoms. The van der Waals surface area contributed by atoms with Crippen LogP contribution < -0.4 is 5.32 Å². The molecule has 5 heteroatoms. The molecule has 1 aliphatic heterocycles. The maximum absolute atomic E-state index is 12.4. The van der Waals surface area contributed by atoms with Crippen molar-refractivity contribution in [3.8, 4) is 10.6 Å². The molecule has 118 valence electrons. The SMILES string of the molecule is C=Cc1sc(-c2ccccc2)nc1C1=C(O)CC(C)(C)NC1=O. The van der Waals surface area contributed by atoms with E-state index in [0.29, 0.717) is 12.1 Å². The van der Waals surface area contributed by atoms with E-state index in [1.54, 1.807) is 6.08 Å². The minimum absolute atomic E-state index is 0.0757. The summed E-state index contributed by atoms with van der Waals surface area (Å²) in [6, 6.07) is 9.76. The molecular formula is C18H18N2O2S. The molecule has 0 saturated heterocycles. The van der Waals surface area contributed by atoms with Gasteiger partial charge in [-0.2, -0.15) is 0 Å². The number of aliphatic hydroxyl groups is 1. The van der Waals surface area contributed by atoms with Gasteiger partial charge in [0.2, 0.25) is 0 Å². The molecule has 2 heterocycles. The van der Waals surface area contributed by atoms with Crippen LogP contribution in [0.25, 0.3) is 22.2 Å². The summed E-state index contributed by atoms with van der Waals surface area (Å²) in [4.78, 5) is 17.8. The van der Waals surface area contributed by atoms with Gasteiger partial charge >= 0.3 is 0 Å². The number of carbonyl (C=O) groups is 1. The Balaban J connectivity index is 2.12. The van der Waals surface area contributed by atoms with Crippen LogP contribution in [0.15, 0.2) is 42.7 Å². The van der Waals surface area contributed by atoms with Crippen molar-refractivity contribution in [2.24, 2.45) is 0 Å². The summed E-state index contributed by atoms with van der Waals surface area (Å²) in [7, 11) is 0. The van der Waals surface area contributed by atoms with Gasteiger partial charge in [0.05, 0.1) is 10.6 Å². The van der Waals surface area contributed by atoms with E-state index in [1.165, 1.54) is 11.3 Å². The standard InChI is InChI=1S/C18H18N2O2S/c1-4-13-15(14-12(21)10-18(2,3)20-16(14)22)19-17(23-13)11-8-6-5-7-9-11/h4-9,21H,1,10H2,2-3H3,(H,20,22). The van der Waals surface area contributed by atoms with Crippen molar-refractivity contribution in [2.45, 2.75) is 25.8 Å². The van der Waals surface area contributed by atoms with E-state index in [9.17, 15) is 9.90 Å². The molecule has 4 nitrogen and oxygen atoms in total. The molecule has 0 saturated carbocycles. The van der Waals surface area contributed by atoms with Gasteiger partial charge in [-0.05, 0) is 19.9 Å². The van der Waals surface area contributed by atoms with Crippen LogP contribution in [-0.4, -0.2) is 21.5 Å². The number of benzene rings is 1. The normalized spacial score (nSPS) is 17.0. The minimum Gasteiger partial charge on any atom is -0.511 e. The Bertz CT molecular complexity index is 804. The number of rotatable bonds is 3. The molecule has 0 unspecified atom stereocenters. The van der Waals surface area contributed by atoms with Gasteiger partial charge in [0.1, 0.15) is 16.3 Å². The molecule has 1 aromatic heterocycles. The van der Waals surface area contributed by atoms with E-state index < -0.39 is 5.54 Å². The highest BCUT2D eigenvalue weighted by atomic mass is 32.1. The lowest BCUT2D eigenvalue weighted by molar-refractivity contribution is -0.117. The Labute approximate surface area is 139 Å². The molecule has 1 amide bonds. The van der Waals surface area contributed by atoms with Crippen molar-refractivity contribution < 1.29 is 9.90 Å². The molecule has 0 atom stereocenters. The first-order chi connectivity index (χ1) is 10.9. The average molecular weight is 326 g/mol. The predicted octanol–water partition coefficient (Wildman–Crippen LogP) is 4.02. The second-order valence-corrected chi connectivity index (χ2v) is 7.17. The summed E-state index contributed by atoms with van der Waals surface area (Å²) in [5.74, 6) is -0.224. The maximum atomic E-state index is 12.4. The molecule has 1 aromatic carbocycles. The van der Waals surface area contributed by atoms with E-state index in [-0.39, 0.29) is 17.2 Å². The summed E-state index contributed by atoms with van der Waals surface area (Å²) < 4.78 is 0. The lowest BCUT2D eigenvalue weighted by Crippen LogP contribution is -2.47. The molecule has 0 radical (unpaired) electrons. The van der Waals surface area contributed by atoms with E-state index in [1.807, 2.05) is 44.2 Å². The Morgan fingerprint density at radius 3 is 2.65 bits per heavy atom. The topological polar surface area (TPSA) is 62.2 Å². The number of amides is 1. The Kier molecular flexibility index (Phi) is 3.82. The Morgan fingerprint density at radius 1 is 1.35 bits per heavy atom. The largest absolute Gasteiger partial charge is 0.511 e. The molecule has 0 bridgehead atoms. The second-order valence-electron chi connectivity index (χ2n) is 6.14. The average Bonchev–Trinajstić information content (AvgIpc) is 2.90. The molecule has 3 rings (SSSR count). The van der Waals surface area contributed by atoms with E-state index in [2.05, 4.69) is 16.9 Å². The lowest BCUT2D eigenvalue weighted by atomic mass is 9.91. The third-order valence-electron chi connectivity index (χ3n) is 3.67. The highest BCUT2D eigenvalue weighted by molar-refractivity contribution is 7.16. The monoisotopic (exact) mass is 326 g/mol.